The number of nitrogens with one attached hydrogen (secondary N) is 1. The molecular weight excluding hydrogens is 348 g/mol. The van der Waals surface area contributed by atoms with Crippen LogP contribution in [0.4, 0.5) is 5.69 Å². The van der Waals surface area contributed by atoms with Gasteiger partial charge in [0.1, 0.15) is 0 Å². The number of nitrogens with zero attached hydrogens (tertiary/aromatic N) is 2. The van der Waals surface area contributed by atoms with Crippen molar-refractivity contribution >= 4 is 24.0 Å². The molecule has 0 saturated carbocycles. The van der Waals surface area contributed by atoms with Crippen molar-refractivity contribution in [2.24, 2.45) is 11.7 Å². The van der Waals surface area contributed by atoms with E-state index in [0.717, 1.165) is 45.6 Å². The Kier molecular flexibility index (Phi) is 9.99. The quantitative estimate of drug-likeness (QED) is 0.678. The van der Waals surface area contributed by atoms with Gasteiger partial charge in [-0.3, -0.25) is 9.69 Å². The summed E-state index contributed by atoms with van der Waals surface area (Å²) < 4.78 is 0. The second kappa shape index (κ2) is 11.4. The standard InChI is InChI=1S/C20H34N4O.ClH/c1-4-17(3)19(21)20(25)22-9-6-10-23-11-13-24(14-12-23)18-8-5-7-16(2)15-18;/h5,7-8,15,17,19H,4,6,9-14,21H2,1-3H3,(H,22,25);1H. The minimum atomic E-state index is -0.386. The third-order valence-electron chi connectivity index (χ3n) is 5.25. The molecular formula is C20H35ClN4O. The van der Waals surface area contributed by atoms with Gasteiger partial charge in [-0.25, -0.2) is 0 Å². The van der Waals surface area contributed by atoms with Crippen molar-refractivity contribution in [2.75, 3.05) is 44.2 Å². The maximum atomic E-state index is 12.0. The minimum Gasteiger partial charge on any atom is -0.369 e. The predicted octanol–water partition coefficient (Wildman–Crippen LogP) is 2.42. The van der Waals surface area contributed by atoms with Gasteiger partial charge in [-0.05, 0) is 43.5 Å². The lowest BCUT2D eigenvalue weighted by atomic mass is 9.99. The van der Waals surface area contributed by atoms with E-state index < -0.39 is 0 Å². The SMILES string of the molecule is CCC(C)C(N)C(=O)NCCCN1CCN(c2cccc(C)c2)CC1.Cl. The Hall–Kier alpha value is -1.30. The van der Waals surface area contributed by atoms with Crippen LogP contribution < -0.4 is 16.0 Å². The highest BCUT2D eigenvalue weighted by atomic mass is 35.5. The molecule has 1 aliphatic rings. The van der Waals surface area contributed by atoms with E-state index in [-0.39, 0.29) is 30.3 Å². The molecule has 1 aromatic rings. The maximum Gasteiger partial charge on any atom is 0.237 e. The van der Waals surface area contributed by atoms with Crippen LogP contribution in [0.1, 0.15) is 32.3 Å². The normalized spacial score (nSPS) is 17.3. The molecule has 1 saturated heterocycles. The van der Waals surface area contributed by atoms with Crippen LogP contribution in [-0.2, 0) is 4.79 Å². The molecule has 0 radical (unpaired) electrons. The lowest BCUT2D eigenvalue weighted by molar-refractivity contribution is -0.123. The highest BCUT2D eigenvalue weighted by Crippen LogP contribution is 2.17. The topological polar surface area (TPSA) is 61.6 Å². The summed E-state index contributed by atoms with van der Waals surface area (Å²) in [7, 11) is 0. The molecule has 1 heterocycles. The molecule has 1 amide bonds. The smallest absolute Gasteiger partial charge is 0.237 e. The second-order valence-electron chi connectivity index (χ2n) is 7.22. The highest BCUT2D eigenvalue weighted by Gasteiger charge is 2.19. The van der Waals surface area contributed by atoms with E-state index in [1.165, 1.54) is 11.3 Å². The summed E-state index contributed by atoms with van der Waals surface area (Å²) in [5, 5.41) is 2.98. The van der Waals surface area contributed by atoms with Crippen LogP contribution >= 0.6 is 12.4 Å². The lowest BCUT2D eigenvalue weighted by Gasteiger charge is -2.36. The van der Waals surface area contributed by atoms with Gasteiger partial charge in [-0.15, -0.1) is 12.4 Å². The Morgan fingerprint density at radius 3 is 2.58 bits per heavy atom. The fraction of sp³-hybridized carbons (Fsp3) is 0.650. The Labute approximate surface area is 164 Å². The zero-order valence-electron chi connectivity index (χ0n) is 16.4. The van der Waals surface area contributed by atoms with Crippen molar-refractivity contribution < 1.29 is 4.79 Å². The first-order valence-corrected chi connectivity index (χ1v) is 9.58. The van der Waals surface area contributed by atoms with Crippen molar-refractivity contribution in [2.45, 2.75) is 39.7 Å². The minimum absolute atomic E-state index is 0. The summed E-state index contributed by atoms with van der Waals surface area (Å²) in [6.45, 7) is 12.3. The molecule has 5 nitrogen and oxygen atoms in total. The molecule has 0 spiro atoms. The van der Waals surface area contributed by atoms with Crippen molar-refractivity contribution in [1.29, 1.82) is 0 Å². The molecule has 2 unspecified atom stereocenters. The first-order valence-electron chi connectivity index (χ1n) is 9.58. The summed E-state index contributed by atoms with van der Waals surface area (Å²) in [5.41, 5.74) is 8.59. The number of carbonyl (C=O) groups excluding carboxylic acids is 1. The summed E-state index contributed by atoms with van der Waals surface area (Å²) in [6, 6.07) is 8.33. The van der Waals surface area contributed by atoms with Gasteiger partial charge in [-0.2, -0.15) is 0 Å². The van der Waals surface area contributed by atoms with Gasteiger partial charge in [0.15, 0.2) is 0 Å². The largest absolute Gasteiger partial charge is 0.369 e. The Bertz CT molecular complexity index is 546. The summed E-state index contributed by atoms with van der Waals surface area (Å²) in [5.74, 6) is 0.216. The lowest BCUT2D eigenvalue weighted by Crippen LogP contribution is -2.48. The Morgan fingerprint density at radius 2 is 1.96 bits per heavy atom. The van der Waals surface area contributed by atoms with E-state index in [9.17, 15) is 4.79 Å². The van der Waals surface area contributed by atoms with Gasteiger partial charge >= 0.3 is 0 Å². The van der Waals surface area contributed by atoms with Crippen molar-refractivity contribution in [1.82, 2.24) is 10.2 Å². The zero-order valence-corrected chi connectivity index (χ0v) is 17.2. The molecule has 2 atom stereocenters. The van der Waals surface area contributed by atoms with E-state index in [0.29, 0.717) is 6.54 Å². The van der Waals surface area contributed by atoms with Crippen molar-refractivity contribution in [3.63, 3.8) is 0 Å². The van der Waals surface area contributed by atoms with Gasteiger partial charge < -0.3 is 16.0 Å². The zero-order chi connectivity index (χ0) is 18.2. The molecule has 0 aliphatic carbocycles. The average molecular weight is 383 g/mol. The van der Waals surface area contributed by atoms with Crippen LogP contribution in [-0.4, -0.2) is 56.1 Å². The first-order chi connectivity index (χ1) is 12.0. The van der Waals surface area contributed by atoms with Crippen LogP contribution in [0.2, 0.25) is 0 Å². The van der Waals surface area contributed by atoms with Gasteiger partial charge in [-0.1, -0.05) is 32.4 Å². The molecule has 6 heteroatoms. The van der Waals surface area contributed by atoms with E-state index in [2.05, 4.69) is 53.2 Å². The molecule has 2 rings (SSSR count). The van der Waals surface area contributed by atoms with Crippen molar-refractivity contribution in [3.05, 3.63) is 29.8 Å². The molecule has 0 aromatic heterocycles. The van der Waals surface area contributed by atoms with E-state index in [1.54, 1.807) is 0 Å². The van der Waals surface area contributed by atoms with Gasteiger partial charge in [0, 0.05) is 38.4 Å². The van der Waals surface area contributed by atoms with Crippen LogP contribution in [0.15, 0.2) is 24.3 Å². The Balaban J connectivity index is 0.00000338. The van der Waals surface area contributed by atoms with Gasteiger partial charge in [0.25, 0.3) is 0 Å². The summed E-state index contributed by atoms with van der Waals surface area (Å²) in [4.78, 5) is 16.9. The molecule has 148 valence electrons. The molecule has 0 bridgehead atoms. The van der Waals surface area contributed by atoms with E-state index in [4.69, 9.17) is 5.73 Å². The third-order valence-corrected chi connectivity index (χ3v) is 5.25. The van der Waals surface area contributed by atoms with Gasteiger partial charge in [0.2, 0.25) is 5.91 Å². The number of amides is 1. The predicted molar refractivity (Wildman–Crippen MR) is 112 cm³/mol. The van der Waals surface area contributed by atoms with Crippen LogP contribution in [0, 0.1) is 12.8 Å². The summed E-state index contributed by atoms with van der Waals surface area (Å²) in [6.07, 6.45) is 1.91. The number of hydrogen-bond acceptors (Lipinski definition) is 4. The number of halogens is 1. The number of benzene rings is 1. The maximum absolute atomic E-state index is 12.0. The second-order valence-corrected chi connectivity index (χ2v) is 7.22. The third kappa shape index (κ3) is 6.78. The Morgan fingerprint density at radius 1 is 1.27 bits per heavy atom. The first kappa shape index (κ1) is 22.7. The van der Waals surface area contributed by atoms with E-state index in [1.807, 2.05) is 6.92 Å². The van der Waals surface area contributed by atoms with Crippen molar-refractivity contribution in [3.8, 4) is 0 Å². The molecule has 1 aromatic carbocycles. The number of hydrogen-bond donors (Lipinski definition) is 2. The molecule has 1 aliphatic heterocycles. The van der Waals surface area contributed by atoms with E-state index >= 15 is 0 Å². The number of rotatable bonds is 8. The van der Waals surface area contributed by atoms with Crippen LogP contribution in [0.5, 0.6) is 0 Å². The number of nitrogens with two attached hydrogens (primary N) is 1. The van der Waals surface area contributed by atoms with Gasteiger partial charge in [0.05, 0.1) is 6.04 Å². The highest BCUT2D eigenvalue weighted by molar-refractivity contribution is 5.85. The summed E-state index contributed by atoms with van der Waals surface area (Å²) >= 11 is 0. The van der Waals surface area contributed by atoms with Crippen LogP contribution in [0.3, 0.4) is 0 Å². The number of aryl methyl sites for hydroxylation is 1. The average Bonchev–Trinajstić information content (AvgIpc) is 2.64. The number of anilines is 1. The monoisotopic (exact) mass is 382 g/mol. The fourth-order valence-electron chi connectivity index (χ4n) is 3.20. The molecule has 1 fully saturated rings. The molecule has 3 N–H and O–H groups in total. The number of piperazine rings is 1. The van der Waals surface area contributed by atoms with Crippen LogP contribution in [0.25, 0.3) is 0 Å². The number of carbonyl (C=O) groups is 1. The molecule has 26 heavy (non-hydrogen) atoms. The fourth-order valence-corrected chi connectivity index (χ4v) is 3.20.